The lowest BCUT2D eigenvalue weighted by Crippen LogP contribution is -2.15. The van der Waals surface area contributed by atoms with E-state index in [2.05, 4.69) is 10.3 Å². The molecule has 0 radical (unpaired) electrons. The van der Waals surface area contributed by atoms with E-state index in [0.29, 0.717) is 11.5 Å². The van der Waals surface area contributed by atoms with Gasteiger partial charge in [0.25, 0.3) is 0 Å². The van der Waals surface area contributed by atoms with Crippen LogP contribution in [0.15, 0.2) is 42.7 Å². The lowest BCUT2D eigenvalue weighted by Gasteiger charge is -2.06. The fourth-order valence-electron chi connectivity index (χ4n) is 2.77. The van der Waals surface area contributed by atoms with Crippen molar-refractivity contribution in [2.45, 2.75) is 19.5 Å². The smallest absolute Gasteiger partial charge is 0.231 e. The molecule has 4 rings (SSSR count). The van der Waals surface area contributed by atoms with Gasteiger partial charge >= 0.3 is 0 Å². The van der Waals surface area contributed by atoms with Crippen molar-refractivity contribution < 1.29 is 13.6 Å². The molecule has 0 spiro atoms. The summed E-state index contributed by atoms with van der Waals surface area (Å²) in [5.74, 6) is -0.806. The zero-order valence-corrected chi connectivity index (χ0v) is 13.0. The van der Waals surface area contributed by atoms with Crippen LogP contribution in [0.2, 0.25) is 0 Å². The van der Waals surface area contributed by atoms with Crippen LogP contribution < -0.4 is 5.32 Å². The number of anilines is 1. The number of benzene rings is 1. The lowest BCUT2D eigenvalue weighted by atomic mass is 10.0. The molecular formula is C18H15F2N3O. The summed E-state index contributed by atoms with van der Waals surface area (Å²) in [5, 5.41) is 2.63. The Balaban J connectivity index is 1.66. The van der Waals surface area contributed by atoms with Crippen LogP contribution >= 0.6 is 0 Å². The van der Waals surface area contributed by atoms with Crippen molar-refractivity contribution in [3.8, 4) is 11.1 Å². The summed E-state index contributed by atoms with van der Waals surface area (Å²) < 4.78 is 28.2. The SMILES string of the molecule is Cc1ccc(F)cc1-c1ccc2nc(NC(=O)C3CC3F)cn2c1. The number of imidazole rings is 1. The average Bonchev–Trinajstić information content (AvgIpc) is 3.15. The molecule has 2 unspecified atom stereocenters. The molecule has 1 N–H and O–H groups in total. The average molecular weight is 327 g/mol. The van der Waals surface area contributed by atoms with Gasteiger partial charge in [0.1, 0.15) is 17.6 Å². The van der Waals surface area contributed by atoms with Crippen molar-refractivity contribution in [1.82, 2.24) is 9.38 Å². The highest BCUT2D eigenvalue weighted by atomic mass is 19.1. The molecule has 2 atom stereocenters. The second-order valence-electron chi connectivity index (χ2n) is 6.12. The molecule has 0 aliphatic heterocycles. The number of rotatable bonds is 3. The predicted octanol–water partition coefficient (Wildman–Crippen LogP) is 3.75. The molecule has 4 nitrogen and oxygen atoms in total. The van der Waals surface area contributed by atoms with Crippen LogP contribution in [-0.4, -0.2) is 21.5 Å². The van der Waals surface area contributed by atoms with E-state index in [4.69, 9.17) is 0 Å². The molecule has 122 valence electrons. The van der Waals surface area contributed by atoms with E-state index in [1.165, 1.54) is 12.1 Å². The number of pyridine rings is 1. The van der Waals surface area contributed by atoms with Gasteiger partial charge in [0, 0.05) is 6.20 Å². The van der Waals surface area contributed by atoms with Crippen molar-refractivity contribution in [1.29, 1.82) is 0 Å². The van der Waals surface area contributed by atoms with E-state index in [1.807, 2.05) is 19.2 Å². The molecule has 6 heteroatoms. The van der Waals surface area contributed by atoms with Gasteiger partial charge < -0.3 is 9.72 Å². The second kappa shape index (κ2) is 5.40. The van der Waals surface area contributed by atoms with Gasteiger partial charge in [-0.25, -0.2) is 13.8 Å². The van der Waals surface area contributed by atoms with E-state index < -0.39 is 12.1 Å². The topological polar surface area (TPSA) is 46.4 Å². The number of carbonyl (C=O) groups excluding carboxylic acids is 1. The molecule has 24 heavy (non-hydrogen) atoms. The zero-order chi connectivity index (χ0) is 16.8. The molecule has 1 fully saturated rings. The molecular weight excluding hydrogens is 312 g/mol. The van der Waals surface area contributed by atoms with E-state index >= 15 is 0 Å². The number of amides is 1. The summed E-state index contributed by atoms with van der Waals surface area (Å²) in [5.41, 5.74) is 3.26. The third-order valence-electron chi connectivity index (χ3n) is 4.26. The van der Waals surface area contributed by atoms with Crippen LogP contribution in [-0.2, 0) is 4.79 Å². The highest BCUT2D eigenvalue weighted by Crippen LogP contribution is 2.34. The Morgan fingerprint density at radius 2 is 2.08 bits per heavy atom. The number of fused-ring (bicyclic) bond motifs is 1. The van der Waals surface area contributed by atoms with Gasteiger partial charge in [-0.3, -0.25) is 4.79 Å². The quantitative estimate of drug-likeness (QED) is 0.796. The molecule has 1 aliphatic carbocycles. The van der Waals surface area contributed by atoms with E-state index in [0.717, 1.165) is 16.7 Å². The highest BCUT2D eigenvalue weighted by molar-refractivity contribution is 5.94. The minimum absolute atomic E-state index is 0.280. The van der Waals surface area contributed by atoms with Gasteiger partial charge in [-0.2, -0.15) is 0 Å². The van der Waals surface area contributed by atoms with Gasteiger partial charge in [0.15, 0.2) is 5.82 Å². The largest absolute Gasteiger partial charge is 0.309 e. The molecule has 1 saturated carbocycles. The van der Waals surface area contributed by atoms with Crippen molar-refractivity contribution in [3.05, 3.63) is 54.1 Å². The number of nitrogens with zero attached hydrogens (tertiary/aromatic N) is 2. The summed E-state index contributed by atoms with van der Waals surface area (Å²) in [4.78, 5) is 16.1. The molecule has 2 aromatic heterocycles. The number of hydrogen-bond acceptors (Lipinski definition) is 2. The first-order chi connectivity index (χ1) is 11.5. The number of aryl methyl sites for hydroxylation is 1. The fourth-order valence-corrected chi connectivity index (χ4v) is 2.77. The van der Waals surface area contributed by atoms with Crippen molar-refractivity contribution in [2.24, 2.45) is 5.92 Å². The number of alkyl halides is 1. The number of halogens is 2. The van der Waals surface area contributed by atoms with Gasteiger partial charge in [-0.1, -0.05) is 6.07 Å². The Labute approximate surface area is 137 Å². The number of carbonyl (C=O) groups is 1. The van der Waals surface area contributed by atoms with Crippen molar-refractivity contribution >= 4 is 17.4 Å². The van der Waals surface area contributed by atoms with Crippen molar-refractivity contribution in [2.75, 3.05) is 5.32 Å². The highest BCUT2D eigenvalue weighted by Gasteiger charge is 2.43. The minimum Gasteiger partial charge on any atom is -0.309 e. The monoisotopic (exact) mass is 327 g/mol. The summed E-state index contributed by atoms with van der Waals surface area (Å²) in [7, 11) is 0. The summed E-state index contributed by atoms with van der Waals surface area (Å²) in [6, 6.07) is 8.30. The van der Waals surface area contributed by atoms with Crippen LogP contribution in [0.25, 0.3) is 16.8 Å². The van der Waals surface area contributed by atoms with Gasteiger partial charge in [0.2, 0.25) is 5.91 Å². The van der Waals surface area contributed by atoms with Gasteiger partial charge in [-0.05, 0) is 54.3 Å². The maximum Gasteiger partial charge on any atom is 0.231 e. The van der Waals surface area contributed by atoms with Crippen molar-refractivity contribution in [3.63, 3.8) is 0 Å². The molecule has 0 saturated heterocycles. The predicted molar refractivity (Wildman–Crippen MR) is 87.0 cm³/mol. The normalized spacial score (nSPS) is 19.5. The van der Waals surface area contributed by atoms with Crippen LogP contribution in [0.1, 0.15) is 12.0 Å². The molecule has 1 aromatic carbocycles. The Bertz CT molecular complexity index is 951. The second-order valence-corrected chi connectivity index (χ2v) is 6.12. The van der Waals surface area contributed by atoms with Gasteiger partial charge in [-0.15, -0.1) is 0 Å². The van der Waals surface area contributed by atoms with Crippen LogP contribution in [0, 0.1) is 18.7 Å². The summed E-state index contributed by atoms with van der Waals surface area (Å²) >= 11 is 0. The third-order valence-corrected chi connectivity index (χ3v) is 4.26. The van der Waals surface area contributed by atoms with Gasteiger partial charge in [0.05, 0.1) is 12.1 Å². The molecule has 1 amide bonds. The first kappa shape index (κ1) is 14.8. The number of nitrogens with one attached hydrogen (secondary N) is 1. The minimum atomic E-state index is -1.04. The first-order valence-corrected chi connectivity index (χ1v) is 7.71. The standard InChI is InChI=1S/C18H15F2N3O/c1-10-2-4-12(19)6-13(10)11-3-5-17-21-16(9-23(17)8-11)22-18(24)14-7-15(14)20/h2-6,8-9,14-15H,7H2,1H3,(H,22,24). The Hall–Kier alpha value is -2.76. The maximum absolute atomic E-state index is 13.5. The summed E-state index contributed by atoms with van der Waals surface area (Å²) in [6.07, 6.45) is 2.74. The van der Waals surface area contributed by atoms with E-state index in [9.17, 15) is 13.6 Å². The number of hydrogen-bond donors (Lipinski definition) is 1. The van der Waals surface area contributed by atoms with E-state index in [-0.39, 0.29) is 18.1 Å². The molecule has 0 bridgehead atoms. The van der Waals surface area contributed by atoms with Crippen LogP contribution in [0.3, 0.4) is 0 Å². The Morgan fingerprint density at radius 1 is 1.29 bits per heavy atom. The van der Waals surface area contributed by atoms with Crippen LogP contribution in [0.5, 0.6) is 0 Å². The molecule has 2 heterocycles. The number of aromatic nitrogens is 2. The first-order valence-electron chi connectivity index (χ1n) is 7.71. The maximum atomic E-state index is 13.5. The Morgan fingerprint density at radius 3 is 2.83 bits per heavy atom. The lowest BCUT2D eigenvalue weighted by molar-refractivity contribution is -0.117. The fraction of sp³-hybridized carbons (Fsp3) is 0.222. The molecule has 3 aromatic rings. The summed E-state index contributed by atoms with van der Waals surface area (Å²) in [6.45, 7) is 1.92. The molecule has 1 aliphatic rings. The Kier molecular flexibility index (Phi) is 3.33. The third kappa shape index (κ3) is 2.64. The zero-order valence-electron chi connectivity index (χ0n) is 13.0. The van der Waals surface area contributed by atoms with Crippen LogP contribution in [0.4, 0.5) is 14.6 Å². The van der Waals surface area contributed by atoms with E-state index in [1.54, 1.807) is 22.7 Å².